The summed E-state index contributed by atoms with van der Waals surface area (Å²) in [6.45, 7) is 4.86. The quantitative estimate of drug-likeness (QED) is 0.804. The highest BCUT2D eigenvalue weighted by molar-refractivity contribution is 5.97. The summed E-state index contributed by atoms with van der Waals surface area (Å²) in [4.78, 5) is 26.1. The maximum atomic E-state index is 12.6. The van der Waals surface area contributed by atoms with Gasteiger partial charge in [-0.05, 0) is 42.9 Å². The van der Waals surface area contributed by atoms with Gasteiger partial charge >= 0.3 is 5.97 Å². The zero-order valence-electron chi connectivity index (χ0n) is 13.0. The van der Waals surface area contributed by atoms with E-state index in [1.54, 1.807) is 4.90 Å². The largest absolute Gasteiger partial charge is 0.467 e. The highest BCUT2D eigenvalue weighted by atomic mass is 16.5. The molecule has 1 aromatic rings. The maximum Gasteiger partial charge on any atom is 0.328 e. The Balaban J connectivity index is 2.18. The van der Waals surface area contributed by atoms with E-state index in [-0.39, 0.29) is 11.9 Å². The third kappa shape index (κ3) is 3.43. The van der Waals surface area contributed by atoms with Crippen LogP contribution in [0.1, 0.15) is 54.9 Å². The van der Waals surface area contributed by atoms with Crippen LogP contribution in [0.2, 0.25) is 0 Å². The van der Waals surface area contributed by atoms with Gasteiger partial charge in [0.1, 0.15) is 6.04 Å². The number of benzene rings is 1. The number of hydrogen-bond donors (Lipinski definition) is 0. The molecule has 0 aliphatic carbocycles. The van der Waals surface area contributed by atoms with Crippen LogP contribution in [0.3, 0.4) is 0 Å². The summed E-state index contributed by atoms with van der Waals surface area (Å²) in [5.41, 5.74) is 1.84. The molecule has 0 radical (unpaired) electrons. The number of rotatable bonds is 3. The lowest BCUT2D eigenvalue weighted by atomic mass is 9.99. The molecule has 21 heavy (non-hydrogen) atoms. The molecule has 0 unspecified atom stereocenters. The maximum absolute atomic E-state index is 12.6. The molecule has 1 amide bonds. The van der Waals surface area contributed by atoms with Crippen molar-refractivity contribution in [1.82, 2.24) is 4.90 Å². The van der Waals surface area contributed by atoms with E-state index in [0.717, 1.165) is 12.8 Å². The van der Waals surface area contributed by atoms with Gasteiger partial charge in [-0.2, -0.15) is 0 Å². The molecule has 0 saturated carbocycles. The summed E-state index contributed by atoms with van der Waals surface area (Å²) in [6.07, 6.45) is 2.57. The van der Waals surface area contributed by atoms with E-state index in [9.17, 15) is 9.59 Å². The molecule has 1 heterocycles. The second kappa shape index (κ2) is 6.74. The molecule has 2 rings (SSSR count). The molecule has 1 fully saturated rings. The Kier molecular flexibility index (Phi) is 4.99. The molecule has 4 heteroatoms. The minimum Gasteiger partial charge on any atom is -0.467 e. The minimum absolute atomic E-state index is 0.0830. The topological polar surface area (TPSA) is 46.6 Å². The number of amides is 1. The van der Waals surface area contributed by atoms with Crippen LogP contribution in [0.15, 0.2) is 24.3 Å². The predicted molar refractivity (Wildman–Crippen MR) is 81.2 cm³/mol. The molecule has 1 atom stereocenters. The highest BCUT2D eigenvalue weighted by Crippen LogP contribution is 2.22. The zero-order chi connectivity index (χ0) is 15.4. The molecule has 1 aliphatic heterocycles. The van der Waals surface area contributed by atoms with Gasteiger partial charge in [0.15, 0.2) is 0 Å². The van der Waals surface area contributed by atoms with E-state index in [1.807, 2.05) is 24.3 Å². The van der Waals surface area contributed by atoms with Crippen molar-refractivity contribution in [1.29, 1.82) is 0 Å². The second-order valence-electron chi connectivity index (χ2n) is 5.81. The fraction of sp³-hybridized carbons (Fsp3) is 0.529. The monoisotopic (exact) mass is 289 g/mol. The molecular weight excluding hydrogens is 266 g/mol. The van der Waals surface area contributed by atoms with Crippen LogP contribution >= 0.6 is 0 Å². The van der Waals surface area contributed by atoms with E-state index in [4.69, 9.17) is 4.74 Å². The van der Waals surface area contributed by atoms with Crippen LogP contribution in [0, 0.1) is 0 Å². The number of ether oxygens (including phenoxy) is 1. The van der Waals surface area contributed by atoms with Crippen molar-refractivity contribution in [3.8, 4) is 0 Å². The molecule has 0 bridgehead atoms. The smallest absolute Gasteiger partial charge is 0.328 e. The van der Waals surface area contributed by atoms with Crippen LogP contribution in [0.4, 0.5) is 0 Å². The molecule has 0 aromatic heterocycles. The van der Waals surface area contributed by atoms with Gasteiger partial charge in [-0.3, -0.25) is 4.79 Å². The Morgan fingerprint density at radius 2 is 1.86 bits per heavy atom. The minimum atomic E-state index is -0.443. The third-order valence-electron chi connectivity index (χ3n) is 4.06. The van der Waals surface area contributed by atoms with Gasteiger partial charge in [0.25, 0.3) is 5.91 Å². The average molecular weight is 289 g/mol. The highest BCUT2D eigenvalue weighted by Gasteiger charge is 2.33. The van der Waals surface area contributed by atoms with E-state index in [2.05, 4.69) is 13.8 Å². The third-order valence-corrected chi connectivity index (χ3v) is 4.06. The average Bonchev–Trinajstić information content (AvgIpc) is 2.53. The summed E-state index contributed by atoms with van der Waals surface area (Å²) >= 11 is 0. The molecule has 1 aliphatic rings. The molecule has 0 spiro atoms. The summed E-state index contributed by atoms with van der Waals surface area (Å²) < 4.78 is 4.82. The van der Waals surface area contributed by atoms with Crippen molar-refractivity contribution in [2.24, 2.45) is 0 Å². The molecule has 1 saturated heterocycles. The molecule has 114 valence electrons. The Morgan fingerprint density at radius 1 is 1.19 bits per heavy atom. The normalized spacial score (nSPS) is 18.7. The molecule has 4 nitrogen and oxygen atoms in total. The van der Waals surface area contributed by atoms with Gasteiger partial charge in [0.05, 0.1) is 7.11 Å². The van der Waals surface area contributed by atoms with Crippen molar-refractivity contribution in [2.45, 2.75) is 45.1 Å². The lowest BCUT2D eigenvalue weighted by Gasteiger charge is -2.33. The van der Waals surface area contributed by atoms with E-state index in [1.165, 1.54) is 12.7 Å². The lowest BCUT2D eigenvalue weighted by molar-refractivity contribution is -0.147. The van der Waals surface area contributed by atoms with E-state index >= 15 is 0 Å². The van der Waals surface area contributed by atoms with E-state index in [0.29, 0.717) is 24.4 Å². The number of carbonyl (C=O) groups excluding carboxylic acids is 2. The number of likely N-dealkylation sites (tertiary alicyclic amines) is 1. The lowest BCUT2D eigenvalue weighted by Crippen LogP contribution is -2.48. The number of nitrogens with zero attached hydrogens (tertiary/aromatic N) is 1. The first-order chi connectivity index (χ1) is 10.0. The van der Waals surface area contributed by atoms with Crippen molar-refractivity contribution in [3.63, 3.8) is 0 Å². The predicted octanol–water partition coefficient (Wildman–Crippen LogP) is 2.98. The Hall–Kier alpha value is -1.84. The fourth-order valence-corrected chi connectivity index (χ4v) is 2.73. The number of methoxy groups -OCH3 is 1. The number of piperidine rings is 1. The van der Waals surface area contributed by atoms with Crippen molar-refractivity contribution >= 4 is 11.9 Å². The first kappa shape index (κ1) is 15.5. The fourth-order valence-electron chi connectivity index (χ4n) is 2.73. The summed E-state index contributed by atoms with van der Waals surface area (Å²) in [5.74, 6) is 0.0363. The first-order valence-electron chi connectivity index (χ1n) is 7.53. The SMILES string of the molecule is COC(=O)[C@H]1CCCCN1C(=O)c1ccc(C(C)C)cc1. The number of carbonyl (C=O) groups is 2. The molecular formula is C17H23NO3. The van der Waals surface area contributed by atoms with Gasteiger partial charge in [0, 0.05) is 12.1 Å². The summed E-state index contributed by atoms with van der Waals surface area (Å²) in [6, 6.07) is 7.21. The summed E-state index contributed by atoms with van der Waals surface area (Å²) in [5, 5.41) is 0. The number of esters is 1. The van der Waals surface area contributed by atoms with E-state index < -0.39 is 6.04 Å². The number of hydrogen-bond acceptors (Lipinski definition) is 3. The molecule has 1 aromatic carbocycles. The van der Waals surface area contributed by atoms with Crippen LogP contribution in [-0.2, 0) is 9.53 Å². The van der Waals surface area contributed by atoms with Crippen LogP contribution < -0.4 is 0 Å². The second-order valence-corrected chi connectivity index (χ2v) is 5.81. The Bertz CT molecular complexity index is 507. The van der Waals surface area contributed by atoms with Crippen molar-refractivity contribution in [2.75, 3.05) is 13.7 Å². The van der Waals surface area contributed by atoms with Gasteiger partial charge in [-0.15, -0.1) is 0 Å². The van der Waals surface area contributed by atoms with Gasteiger partial charge < -0.3 is 9.64 Å². The van der Waals surface area contributed by atoms with Gasteiger partial charge in [-0.1, -0.05) is 26.0 Å². The van der Waals surface area contributed by atoms with Crippen molar-refractivity contribution in [3.05, 3.63) is 35.4 Å². The Labute approximate surface area is 126 Å². The van der Waals surface area contributed by atoms with Crippen LogP contribution in [0.25, 0.3) is 0 Å². The van der Waals surface area contributed by atoms with Gasteiger partial charge in [0.2, 0.25) is 0 Å². The van der Waals surface area contributed by atoms with Crippen LogP contribution in [0.5, 0.6) is 0 Å². The van der Waals surface area contributed by atoms with Crippen LogP contribution in [-0.4, -0.2) is 36.5 Å². The Morgan fingerprint density at radius 3 is 2.43 bits per heavy atom. The summed E-state index contributed by atoms with van der Waals surface area (Å²) in [7, 11) is 1.37. The van der Waals surface area contributed by atoms with Crippen molar-refractivity contribution < 1.29 is 14.3 Å². The standard InChI is InChI=1S/C17H23NO3/c1-12(2)13-7-9-14(10-8-13)16(19)18-11-5-4-6-15(18)17(20)21-3/h7-10,12,15H,4-6,11H2,1-3H3/t15-/m1/s1. The first-order valence-corrected chi connectivity index (χ1v) is 7.53. The zero-order valence-corrected chi connectivity index (χ0v) is 13.0. The van der Waals surface area contributed by atoms with Gasteiger partial charge in [-0.25, -0.2) is 4.79 Å². The molecule has 0 N–H and O–H groups in total.